The molecular formula is C25H22O4S. The molecule has 4 nitrogen and oxygen atoms in total. The number of thioether (sulfide) groups is 1. The van der Waals surface area contributed by atoms with Gasteiger partial charge in [-0.2, -0.15) is 0 Å². The van der Waals surface area contributed by atoms with Crippen LogP contribution in [0, 0.1) is 5.92 Å². The van der Waals surface area contributed by atoms with Gasteiger partial charge in [-0.05, 0) is 41.8 Å². The molecule has 3 aromatic rings. The van der Waals surface area contributed by atoms with Crippen LogP contribution in [0.4, 0.5) is 0 Å². The van der Waals surface area contributed by atoms with Gasteiger partial charge in [0.15, 0.2) is 4.93 Å². The summed E-state index contributed by atoms with van der Waals surface area (Å²) in [5, 5.41) is 1.96. The topological polar surface area (TPSA) is 52.6 Å². The number of methoxy groups -OCH3 is 1. The predicted octanol–water partition coefficient (Wildman–Crippen LogP) is 5.72. The Bertz CT molecular complexity index is 1140. The summed E-state index contributed by atoms with van der Waals surface area (Å²) in [6, 6.07) is 19.8. The summed E-state index contributed by atoms with van der Waals surface area (Å²) >= 11 is 1.54. The van der Waals surface area contributed by atoms with Gasteiger partial charge in [0.1, 0.15) is 17.1 Å². The van der Waals surface area contributed by atoms with Gasteiger partial charge >= 0.3 is 5.97 Å². The molecular weight excluding hydrogens is 396 g/mol. The van der Waals surface area contributed by atoms with E-state index >= 15 is 0 Å². The van der Waals surface area contributed by atoms with E-state index in [1.54, 1.807) is 7.11 Å². The molecule has 0 saturated heterocycles. The Morgan fingerprint density at radius 1 is 1.07 bits per heavy atom. The highest BCUT2D eigenvalue weighted by Gasteiger charge is 2.55. The number of hydrogen-bond acceptors (Lipinski definition) is 5. The van der Waals surface area contributed by atoms with Crippen LogP contribution < -0.4 is 4.74 Å². The van der Waals surface area contributed by atoms with Crippen molar-refractivity contribution in [2.75, 3.05) is 7.11 Å². The van der Waals surface area contributed by atoms with E-state index in [2.05, 4.69) is 0 Å². The van der Waals surface area contributed by atoms with Crippen LogP contribution in [-0.2, 0) is 14.5 Å². The number of hydrogen-bond donors (Lipinski definition) is 0. The van der Waals surface area contributed by atoms with Gasteiger partial charge in [0.2, 0.25) is 0 Å². The Morgan fingerprint density at radius 2 is 1.83 bits per heavy atom. The first-order valence-electron chi connectivity index (χ1n) is 10.2. The molecule has 1 saturated carbocycles. The monoisotopic (exact) mass is 418 g/mol. The Kier molecular flexibility index (Phi) is 4.78. The van der Waals surface area contributed by atoms with Crippen molar-refractivity contribution in [3.63, 3.8) is 0 Å². The molecule has 5 heteroatoms. The molecule has 5 rings (SSSR count). The highest BCUT2D eigenvalue weighted by Crippen LogP contribution is 2.59. The number of rotatable bonds is 4. The first kappa shape index (κ1) is 19.2. The fourth-order valence-electron chi connectivity index (χ4n) is 4.74. The standard InChI is InChI=1S/C25H22O4S/c1-28-21-14-16-8-5-6-13-20(16)23-22(21)24(27)29-25(23,17-9-7-10-18(26)15-17)30-19-11-3-2-4-12-19/h2-6,8,11-14,17H,7,9-10,15H2,1H3. The van der Waals surface area contributed by atoms with Crippen molar-refractivity contribution < 1.29 is 19.1 Å². The minimum absolute atomic E-state index is 0.0929. The lowest BCUT2D eigenvalue weighted by molar-refractivity contribution is -0.123. The summed E-state index contributed by atoms with van der Waals surface area (Å²) in [5.41, 5.74) is 1.33. The average molecular weight is 419 g/mol. The summed E-state index contributed by atoms with van der Waals surface area (Å²) < 4.78 is 11.9. The maximum Gasteiger partial charge on any atom is 0.344 e. The summed E-state index contributed by atoms with van der Waals surface area (Å²) in [6.45, 7) is 0. The van der Waals surface area contributed by atoms with Gasteiger partial charge in [-0.15, -0.1) is 0 Å². The number of benzene rings is 3. The fourth-order valence-corrected chi connectivity index (χ4v) is 6.19. The molecule has 1 fully saturated rings. The number of cyclic esters (lactones) is 1. The quantitative estimate of drug-likeness (QED) is 0.507. The third-order valence-electron chi connectivity index (χ3n) is 6.06. The molecule has 2 atom stereocenters. The fraction of sp³-hybridized carbons (Fsp3) is 0.280. The number of ketones is 1. The van der Waals surface area contributed by atoms with Crippen molar-refractivity contribution >= 4 is 34.3 Å². The maximum absolute atomic E-state index is 13.2. The third kappa shape index (κ3) is 3.00. The summed E-state index contributed by atoms with van der Waals surface area (Å²) in [4.78, 5) is 25.7. The number of esters is 1. The second kappa shape index (κ2) is 7.47. The number of fused-ring (bicyclic) bond motifs is 3. The van der Waals surface area contributed by atoms with Crippen LogP contribution in [0.5, 0.6) is 5.75 Å². The van der Waals surface area contributed by atoms with E-state index in [-0.39, 0.29) is 17.7 Å². The zero-order chi connectivity index (χ0) is 20.7. The summed E-state index contributed by atoms with van der Waals surface area (Å²) in [5.74, 6) is 0.279. The molecule has 2 aliphatic rings. The maximum atomic E-state index is 13.2. The van der Waals surface area contributed by atoms with Crippen molar-refractivity contribution in [3.05, 3.63) is 71.8 Å². The van der Waals surface area contributed by atoms with Gasteiger partial charge in [0.25, 0.3) is 0 Å². The normalized spacial score (nSPS) is 23.3. The smallest absolute Gasteiger partial charge is 0.344 e. The highest BCUT2D eigenvalue weighted by atomic mass is 32.2. The van der Waals surface area contributed by atoms with Gasteiger partial charge in [-0.1, -0.05) is 54.2 Å². The molecule has 0 aromatic heterocycles. The second-order valence-corrected chi connectivity index (χ2v) is 9.14. The van der Waals surface area contributed by atoms with Gasteiger partial charge in [0.05, 0.1) is 7.11 Å². The first-order chi connectivity index (χ1) is 14.6. The molecule has 1 heterocycles. The van der Waals surface area contributed by atoms with Gasteiger partial charge in [-0.25, -0.2) is 4.79 Å². The van der Waals surface area contributed by atoms with Crippen LogP contribution in [0.2, 0.25) is 0 Å². The zero-order valence-corrected chi connectivity index (χ0v) is 17.5. The lowest BCUT2D eigenvalue weighted by Gasteiger charge is -2.38. The Labute approximate surface area is 179 Å². The largest absolute Gasteiger partial charge is 0.496 e. The van der Waals surface area contributed by atoms with Crippen LogP contribution in [0.25, 0.3) is 10.8 Å². The molecule has 30 heavy (non-hydrogen) atoms. The molecule has 0 amide bonds. The van der Waals surface area contributed by atoms with Crippen molar-refractivity contribution in [2.24, 2.45) is 5.92 Å². The number of ether oxygens (including phenoxy) is 2. The van der Waals surface area contributed by atoms with E-state index in [1.165, 1.54) is 11.8 Å². The lowest BCUT2D eigenvalue weighted by Crippen LogP contribution is -2.36. The van der Waals surface area contributed by atoms with Gasteiger partial charge in [0, 0.05) is 29.2 Å². The molecule has 3 aromatic carbocycles. The predicted molar refractivity (Wildman–Crippen MR) is 117 cm³/mol. The Hall–Kier alpha value is -2.79. The summed E-state index contributed by atoms with van der Waals surface area (Å²) in [7, 11) is 1.58. The molecule has 1 aliphatic carbocycles. The SMILES string of the molecule is COc1cc2ccccc2c2c1C(=O)OC2(Sc1ccccc1)C1CCCC(=O)C1. The third-order valence-corrected chi connectivity index (χ3v) is 7.49. The van der Waals surface area contributed by atoms with Gasteiger partial charge < -0.3 is 9.47 Å². The summed E-state index contributed by atoms with van der Waals surface area (Å²) in [6.07, 6.45) is 2.67. The molecule has 0 radical (unpaired) electrons. The molecule has 2 unspecified atom stereocenters. The van der Waals surface area contributed by atoms with E-state index in [9.17, 15) is 9.59 Å². The van der Waals surface area contributed by atoms with Crippen molar-refractivity contribution in [2.45, 2.75) is 35.5 Å². The van der Waals surface area contributed by atoms with Crippen LogP contribution in [0.3, 0.4) is 0 Å². The van der Waals surface area contributed by atoms with Gasteiger partial charge in [-0.3, -0.25) is 4.79 Å². The van der Waals surface area contributed by atoms with E-state index in [4.69, 9.17) is 9.47 Å². The molecule has 1 aliphatic heterocycles. The minimum Gasteiger partial charge on any atom is -0.496 e. The van der Waals surface area contributed by atoms with E-state index in [1.807, 2.05) is 60.7 Å². The van der Waals surface area contributed by atoms with E-state index in [0.29, 0.717) is 24.2 Å². The molecule has 0 spiro atoms. The lowest BCUT2D eigenvalue weighted by atomic mass is 9.80. The Balaban J connectivity index is 1.80. The van der Waals surface area contributed by atoms with Crippen LogP contribution in [0.1, 0.15) is 41.6 Å². The molecule has 0 bridgehead atoms. The van der Waals surface area contributed by atoms with Crippen LogP contribution >= 0.6 is 11.8 Å². The van der Waals surface area contributed by atoms with Crippen molar-refractivity contribution in [1.82, 2.24) is 0 Å². The van der Waals surface area contributed by atoms with E-state index < -0.39 is 4.93 Å². The molecule has 0 N–H and O–H groups in total. The van der Waals surface area contributed by atoms with E-state index in [0.717, 1.165) is 34.1 Å². The Morgan fingerprint density at radius 3 is 2.60 bits per heavy atom. The van der Waals surface area contributed by atoms with Crippen LogP contribution in [-0.4, -0.2) is 18.9 Å². The number of carbonyl (C=O) groups excluding carboxylic acids is 2. The zero-order valence-electron chi connectivity index (χ0n) is 16.7. The number of carbonyl (C=O) groups is 2. The van der Waals surface area contributed by atoms with Crippen LogP contribution in [0.15, 0.2) is 65.6 Å². The van der Waals surface area contributed by atoms with Crippen molar-refractivity contribution in [1.29, 1.82) is 0 Å². The highest BCUT2D eigenvalue weighted by molar-refractivity contribution is 8.00. The first-order valence-corrected chi connectivity index (χ1v) is 11.0. The van der Waals surface area contributed by atoms with Crippen molar-refractivity contribution in [3.8, 4) is 5.75 Å². The molecule has 152 valence electrons. The minimum atomic E-state index is -0.960. The second-order valence-electron chi connectivity index (χ2n) is 7.85. The number of Topliss-reactive ketones (excluding diaryl/α,β-unsaturated/α-hetero) is 1. The average Bonchev–Trinajstić information content (AvgIpc) is 3.07.